The number of carboxylic acids is 1. The van der Waals surface area contributed by atoms with Crippen molar-refractivity contribution in [2.45, 2.75) is 26.3 Å². The molecule has 0 aliphatic heterocycles. The zero-order valence-corrected chi connectivity index (χ0v) is 12.8. The molecule has 5 nitrogen and oxygen atoms in total. The second kappa shape index (κ2) is 9.37. The number of amides is 1. The molecule has 1 rings (SSSR count). The molecule has 1 N–H and O–H groups in total. The highest BCUT2D eigenvalue weighted by Gasteiger charge is 2.17. The lowest BCUT2D eigenvalue weighted by Gasteiger charge is -2.21. The van der Waals surface area contributed by atoms with Crippen molar-refractivity contribution in [2.75, 3.05) is 19.8 Å². The number of benzene rings is 1. The van der Waals surface area contributed by atoms with Crippen LogP contribution in [0.2, 0.25) is 5.02 Å². The van der Waals surface area contributed by atoms with E-state index >= 15 is 0 Å². The number of carbonyl (C=O) groups excluding carboxylic acids is 1. The summed E-state index contributed by atoms with van der Waals surface area (Å²) in [4.78, 5) is 24.2. The maximum atomic E-state index is 12.0. The van der Waals surface area contributed by atoms with E-state index in [-0.39, 0.29) is 25.6 Å². The van der Waals surface area contributed by atoms with Gasteiger partial charge in [-0.1, -0.05) is 37.1 Å². The van der Waals surface area contributed by atoms with Crippen LogP contribution >= 0.6 is 11.6 Å². The van der Waals surface area contributed by atoms with E-state index < -0.39 is 5.97 Å². The Morgan fingerprint density at radius 3 is 2.52 bits per heavy atom. The van der Waals surface area contributed by atoms with Crippen molar-refractivity contribution in [3.8, 4) is 0 Å². The lowest BCUT2D eigenvalue weighted by Crippen LogP contribution is -2.37. The normalized spacial score (nSPS) is 10.4. The van der Waals surface area contributed by atoms with Crippen molar-refractivity contribution in [1.82, 2.24) is 4.90 Å². The number of carboxylic acid groups (broad SMARTS) is 1. The van der Waals surface area contributed by atoms with Crippen LogP contribution in [0.3, 0.4) is 0 Å². The number of aliphatic carboxylic acids is 1. The molecule has 0 aliphatic carbocycles. The SMILES string of the molecule is CCCCOCC(=O)N(CC(=O)O)Cc1ccc(Cl)cc1. The first-order valence-electron chi connectivity index (χ1n) is 6.84. The van der Waals surface area contributed by atoms with Crippen molar-refractivity contribution < 1.29 is 19.4 Å². The van der Waals surface area contributed by atoms with Crippen LogP contribution in [0.25, 0.3) is 0 Å². The molecule has 0 aromatic heterocycles. The van der Waals surface area contributed by atoms with E-state index in [4.69, 9.17) is 21.4 Å². The predicted octanol–water partition coefficient (Wildman–Crippen LogP) is 2.57. The Morgan fingerprint density at radius 2 is 1.95 bits per heavy atom. The Kier molecular flexibility index (Phi) is 7.79. The molecule has 0 unspecified atom stereocenters. The number of hydrogen-bond acceptors (Lipinski definition) is 3. The Balaban J connectivity index is 2.59. The largest absolute Gasteiger partial charge is 0.480 e. The van der Waals surface area contributed by atoms with E-state index in [0.717, 1.165) is 18.4 Å². The first-order valence-corrected chi connectivity index (χ1v) is 7.22. The highest BCUT2D eigenvalue weighted by Crippen LogP contribution is 2.11. The monoisotopic (exact) mass is 313 g/mol. The number of unbranched alkanes of at least 4 members (excludes halogenated alkanes) is 1. The number of rotatable bonds is 9. The molecule has 0 saturated heterocycles. The number of carbonyl (C=O) groups is 2. The van der Waals surface area contributed by atoms with E-state index in [0.29, 0.717) is 11.6 Å². The summed E-state index contributed by atoms with van der Waals surface area (Å²) in [5.74, 6) is -1.38. The summed E-state index contributed by atoms with van der Waals surface area (Å²) in [5.41, 5.74) is 0.822. The highest BCUT2D eigenvalue weighted by atomic mass is 35.5. The first kappa shape index (κ1) is 17.5. The van der Waals surface area contributed by atoms with Gasteiger partial charge in [0.2, 0.25) is 5.91 Å². The van der Waals surface area contributed by atoms with E-state index in [1.165, 1.54) is 4.90 Å². The van der Waals surface area contributed by atoms with E-state index in [1.807, 2.05) is 6.92 Å². The molecule has 0 heterocycles. The molecule has 0 radical (unpaired) electrons. The van der Waals surface area contributed by atoms with Crippen LogP contribution in [0.1, 0.15) is 25.3 Å². The minimum Gasteiger partial charge on any atom is -0.480 e. The van der Waals surface area contributed by atoms with Crippen molar-refractivity contribution in [1.29, 1.82) is 0 Å². The highest BCUT2D eigenvalue weighted by molar-refractivity contribution is 6.30. The van der Waals surface area contributed by atoms with Gasteiger partial charge in [-0.05, 0) is 24.1 Å². The summed E-state index contributed by atoms with van der Waals surface area (Å²) in [6.07, 6.45) is 1.86. The number of ether oxygens (including phenoxy) is 1. The molecular weight excluding hydrogens is 294 g/mol. The van der Waals surface area contributed by atoms with Crippen LogP contribution in [0.5, 0.6) is 0 Å². The summed E-state index contributed by atoms with van der Waals surface area (Å²) >= 11 is 5.80. The zero-order valence-electron chi connectivity index (χ0n) is 12.0. The lowest BCUT2D eigenvalue weighted by atomic mass is 10.2. The van der Waals surface area contributed by atoms with E-state index in [2.05, 4.69) is 0 Å². The Bertz CT molecular complexity index is 461. The molecule has 1 amide bonds. The standard InChI is InChI=1S/C15H20ClNO4/c1-2-3-8-21-11-14(18)17(10-15(19)20)9-12-4-6-13(16)7-5-12/h4-7H,2-3,8-11H2,1H3,(H,19,20). The van der Waals surface area contributed by atoms with Gasteiger partial charge in [0, 0.05) is 18.2 Å². The fraction of sp³-hybridized carbons (Fsp3) is 0.467. The van der Waals surface area contributed by atoms with Crippen LogP contribution in [0.4, 0.5) is 0 Å². The average Bonchev–Trinajstić information content (AvgIpc) is 2.44. The summed E-state index contributed by atoms with van der Waals surface area (Å²) in [5, 5.41) is 9.50. The molecule has 0 saturated carbocycles. The lowest BCUT2D eigenvalue weighted by molar-refractivity contribution is -0.147. The van der Waals surface area contributed by atoms with Gasteiger partial charge >= 0.3 is 5.97 Å². The Labute approximate surface area is 129 Å². The van der Waals surface area contributed by atoms with Gasteiger partial charge < -0.3 is 14.7 Å². The van der Waals surface area contributed by atoms with Gasteiger partial charge in [-0.15, -0.1) is 0 Å². The van der Waals surface area contributed by atoms with Crippen molar-refractivity contribution in [3.05, 3.63) is 34.9 Å². The van der Waals surface area contributed by atoms with E-state index in [9.17, 15) is 9.59 Å². The maximum Gasteiger partial charge on any atom is 0.323 e. The third-order valence-corrected chi connectivity index (χ3v) is 3.09. The van der Waals surface area contributed by atoms with Crippen LogP contribution in [-0.4, -0.2) is 41.6 Å². The third-order valence-electron chi connectivity index (χ3n) is 2.83. The minimum atomic E-state index is -1.05. The van der Waals surface area contributed by atoms with Crippen molar-refractivity contribution in [2.24, 2.45) is 0 Å². The second-order valence-corrected chi connectivity index (χ2v) is 5.11. The number of hydrogen-bond donors (Lipinski definition) is 1. The summed E-state index contributed by atoms with van der Waals surface area (Å²) in [7, 11) is 0. The van der Waals surface area contributed by atoms with Crippen LogP contribution in [0.15, 0.2) is 24.3 Å². The Morgan fingerprint density at radius 1 is 1.29 bits per heavy atom. The number of nitrogens with zero attached hydrogens (tertiary/aromatic N) is 1. The molecule has 0 aliphatic rings. The quantitative estimate of drug-likeness (QED) is 0.712. The average molecular weight is 314 g/mol. The molecule has 6 heteroatoms. The molecule has 116 valence electrons. The summed E-state index contributed by atoms with van der Waals surface area (Å²) in [6, 6.07) is 6.95. The fourth-order valence-electron chi connectivity index (χ4n) is 1.70. The van der Waals surface area contributed by atoms with Gasteiger partial charge in [0.05, 0.1) is 0 Å². The Hall–Kier alpha value is -1.59. The predicted molar refractivity (Wildman–Crippen MR) is 80.2 cm³/mol. The first-order chi connectivity index (χ1) is 10.0. The van der Waals surface area contributed by atoms with Crippen molar-refractivity contribution in [3.63, 3.8) is 0 Å². The molecule has 21 heavy (non-hydrogen) atoms. The molecule has 1 aromatic rings. The van der Waals surface area contributed by atoms with Gasteiger partial charge in [-0.25, -0.2) is 0 Å². The van der Waals surface area contributed by atoms with Gasteiger partial charge in [0.25, 0.3) is 0 Å². The third kappa shape index (κ3) is 7.11. The minimum absolute atomic E-state index is 0.0964. The zero-order chi connectivity index (χ0) is 15.7. The van der Waals surface area contributed by atoms with Gasteiger partial charge in [-0.3, -0.25) is 9.59 Å². The van der Waals surface area contributed by atoms with Gasteiger partial charge in [-0.2, -0.15) is 0 Å². The van der Waals surface area contributed by atoms with Crippen LogP contribution < -0.4 is 0 Å². The molecule has 0 bridgehead atoms. The topological polar surface area (TPSA) is 66.8 Å². The van der Waals surface area contributed by atoms with Gasteiger partial charge in [0.1, 0.15) is 13.2 Å². The van der Waals surface area contributed by atoms with Gasteiger partial charge in [0.15, 0.2) is 0 Å². The molecule has 0 atom stereocenters. The maximum absolute atomic E-state index is 12.0. The van der Waals surface area contributed by atoms with Crippen LogP contribution in [0, 0.1) is 0 Å². The van der Waals surface area contributed by atoms with E-state index in [1.54, 1.807) is 24.3 Å². The molecule has 0 fully saturated rings. The summed E-state index contributed by atoms with van der Waals surface area (Å²) in [6.45, 7) is 2.31. The number of halogens is 1. The van der Waals surface area contributed by atoms with Crippen LogP contribution in [-0.2, 0) is 20.9 Å². The second-order valence-electron chi connectivity index (χ2n) is 4.68. The fourth-order valence-corrected chi connectivity index (χ4v) is 1.83. The van der Waals surface area contributed by atoms with Crippen molar-refractivity contribution >= 4 is 23.5 Å². The molecule has 1 aromatic carbocycles. The summed E-state index contributed by atoms with van der Waals surface area (Å²) < 4.78 is 5.25. The smallest absolute Gasteiger partial charge is 0.323 e. The molecular formula is C15H20ClNO4. The molecule has 0 spiro atoms.